The molecule has 1 fully saturated rings. The molecule has 0 atom stereocenters. The van der Waals surface area contributed by atoms with Crippen LogP contribution in [0.1, 0.15) is 38.2 Å². The molecule has 0 heterocycles. The number of thiocarbonyl (C=S) groups is 1. The van der Waals surface area contributed by atoms with Gasteiger partial charge in [0.2, 0.25) is 10.0 Å². The molecule has 1 saturated carbocycles. The van der Waals surface area contributed by atoms with Crippen LogP contribution in [0, 0.1) is 5.92 Å². The summed E-state index contributed by atoms with van der Waals surface area (Å²) in [5.74, 6) is 0.690. The van der Waals surface area contributed by atoms with Crippen molar-refractivity contribution in [1.29, 1.82) is 0 Å². The molecule has 2 rings (SSSR count). The van der Waals surface area contributed by atoms with Crippen molar-refractivity contribution in [1.82, 2.24) is 4.31 Å². The molecule has 1 aliphatic carbocycles. The van der Waals surface area contributed by atoms with Gasteiger partial charge in [-0.1, -0.05) is 31.3 Å². The molecule has 2 N–H and O–H groups in total. The number of rotatable bonds is 4. The highest BCUT2D eigenvalue weighted by atomic mass is 32.2. The minimum Gasteiger partial charge on any atom is -0.389 e. The Labute approximate surface area is 132 Å². The Hall–Kier alpha value is -0.980. The molecule has 0 unspecified atom stereocenters. The molecule has 21 heavy (non-hydrogen) atoms. The molecule has 4 nitrogen and oxygen atoms in total. The molecule has 1 aromatic carbocycles. The lowest BCUT2D eigenvalue weighted by Gasteiger charge is -2.32. The lowest BCUT2D eigenvalue weighted by molar-refractivity contribution is 0.246. The van der Waals surface area contributed by atoms with Gasteiger partial charge in [-0.25, -0.2) is 8.42 Å². The Morgan fingerprint density at radius 3 is 2.48 bits per heavy atom. The van der Waals surface area contributed by atoms with Crippen molar-refractivity contribution in [3.8, 4) is 0 Å². The van der Waals surface area contributed by atoms with Crippen LogP contribution in [-0.4, -0.2) is 30.8 Å². The van der Waals surface area contributed by atoms with E-state index in [2.05, 4.69) is 6.92 Å². The maximum atomic E-state index is 12.7. The number of sulfonamides is 1. The lowest BCUT2D eigenvalue weighted by Crippen LogP contribution is -2.39. The van der Waals surface area contributed by atoms with Crippen LogP contribution in [-0.2, 0) is 10.0 Å². The van der Waals surface area contributed by atoms with Crippen molar-refractivity contribution in [2.24, 2.45) is 11.7 Å². The largest absolute Gasteiger partial charge is 0.389 e. The van der Waals surface area contributed by atoms with Crippen LogP contribution in [0.2, 0.25) is 0 Å². The molecule has 1 aliphatic rings. The monoisotopic (exact) mass is 326 g/mol. The minimum atomic E-state index is -3.49. The van der Waals surface area contributed by atoms with E-state index in [4.69, 9.17) is 18.0 Å². The van der Waals surface area contributed by atoms with Gasteiger partial charge in [0.05, 0.1) is 4.90 Å². The van der Waals surface area contributed by atoms with Crippen molar-refractivity contribution >= 4 is 27.2 Å². The molecule has 0 spiro atoms. The molecule has 0 bridgehead atoms. The molecule has 0 radical (unpaired) electrons. The van der Waals surface area contributed by atoms with Crippen LogP contribution in [0.3, 0.4) is 0 Å². The van der Waals surface area contributed by atoms with Gasteiger partial charge in [0.25, 0.3) is 0 Å². The van der Waals surface area contributed by atoms with Crippen molar-refractivity contribution < 1.29 is 8.42 Å². The Morgan fingerprint density at radius 2 is 1.90 bits per heavy atom. The van der Waals surface area contributed by atoms with E-state index in [0.29, 0.717) is 11.5 Å². The summed E-state index contributed by atoms with van der Waals surface area (Å²) in [6.45, 7) is 2.22. The molecule has 1 aromatic rings. The summed E-state index contributed by atoms with van der Waals surface area (Å²) in [5.41, 5.74) is 6.16. The molecule has 0 aromatic heterocycles. The molecular formula is C15H22N2O2S2. The predicted octanol–water partition coefficient (Wildman–Crippen LogP) is 2.52. The zero-order valence-corrected chi connectivity index (χ0v) is 14.1. The highest BCUT2D eigenvalue weighted by Gasteiger charge is 2.30. The van der Waals surface area contributed by atoms with Crippen molar-refractivity contribution in [3.63, 3.8) is 0 Å². The summed E-state index contributed by atoms with van der Waals surface area (Å²) in [6, 6.07) is 6.64. The third-order valence-electron chi connectivity index (χ3n) is 4.30. The van der Waals surface area contributed by atoms with Crippen molar-refractivity contribution in [2.75, 3.05) is 7.05 Å². The highest BCUT2D eigenvalue weighted by molar-refractivity contribution is 7.89. The van der Waals surface area contributed by atoms with Crippen molar-refractivity contribution in [3.05, 3.63) is 29.8 Å². The Balaban J connectivity index is 2.25. The van der Waals surface area contributed by atoms with Crippen LogP contribution in [0.25, 0.3) is 0 Å². The number of benzene rings is 1. The summed E-state index contributed by atoms with van der Waals surface area (Å²) >= 11 is 4.92. The van der Waals surface area contributed by atoms with Gasteiger partial charge in [0.15, 0.2) is 0 Å². The van der Waals surface area contributed by atoms with Gasteiger partial charge in [-0.05, 0) is 43.7 Å². The van der Waals surface area contributed by atoms with Crippen LogP contribution >= 0.6 is 12.2 Å². The molecular weight excluding hydrogens is 304 g/mol. The number of hydrogen-bond donors (Lipinski definition) is 1. The maximum Gasteiger partial charge on any atom is 0.243 e. The van der Waals surface area contributed by atoms with Crippen molar-refractivity contribution in [2.45, 2.75) is 43.5 Å². The fraction of sp³-hybridized carbons (Fsp3) is 0.533. The van der Waals surface area contributed by atoms with Crippen LogP contribution in [0.15, 0.2) is 29.2 Å². The topological polar surface area (TPSA) is 63.4 Å². The van der Waals surface area contributed by atoms with Gasteiger partial charge in [0, 0.05) is 18.7 Å². The molecule has 6 heteroatoms. The minimum absolute atomic E-state index is 0.0830. The first-order valence-electron chi connectivity index (χ1n) is 7.20. The van der Waals surface area contributed by atoms with Gasteiger partial charge < -0.3 is 5.73 Å². The summed E-state index contributed by atoms with van der Waals surface area (Å²) < 4.78 is 27.0. The maximum absolute atomic E-state index is 12.7. The van der Waals surface area contributed by atoms with Gasteiger partial charge in [-0.15, -0.1) is 0 Å². The van der Waals surface area contributed by atoms with Crippen LogP contribution in [0.4, 0.5) is 0 Å². The standard InChI is InChI=1S/C15H22N2O2S2/c1-11-6-8-13(9-7-11)17(2)21(18,19)14-5-3-4-12(10-14)15(16)20/h3-5,10-11,13H,6-9H2,1-2H3,(H2,16,20). The molecule has 116 valence electrons. The van der Waals surface area contributed by atoms with Crippen LogP contribution < -0.4 is 5.73 Å². The summed E-state index contributed by atoms with van der Waals surface area (Å²) in [5, 5.41) is 0. The van der Waals surface area contributed by atoms with Gasteiger partial charge in [0.1, 0.15) is 4.99 Å². The third-order valence-corrected chi connectivity index (χ3v) is 6.44. The second-order valence-corrected chi connectivity index (χ2v) is 8.26. The average molecular weight is 326 g/mol. The normalized spacial score (nSPS) is 23.2. The Morgan fingerprint density at radius 1 is 1.29 bits per heavy atom. The Kier molecular flexibility index (Phi) is 5.01. The zero-order valence-electron chi connectivity index (χ0n) is 12.5. The van der Waals surface area contributed by atoms with E-state index in [1.807, 2.05) is 0 Å². The van der Waals surface area contributed by atoms with Gasteiger partial charge in [-0.2, -0.15) is 4.31 Å². The van der Waals surface area contributed by atoms with E-state index in [1.165, 1.54) is 4.31 Å². The van der Waals surface area contributed by atoms with E-state index in [1.54, 1.807) is 31.3 Å². The first-order chi connectivity index (χ1) is 9.82. The van der Waals surface area contributed by atoms with Crippen LogP contribution in [0.5, 0.6) is 0 Å². The summed E-state index contributed by atoms with van der Waals surface area (Å²) in [6.07, 6.45) is 4.01. The van der Waals surface area contributed by atoms with E-state index in [-0.39, 0.29) is 15.9 Å². The number of nitrogens with two attached hydrogens (primary N) is 1. The predicted molar refractivity (Wildman–Crippen MR) is 88.7 cm³/mol. The smallest absolute Gasteiger partial charge is 0.243 e. The van der Waals surface area contributed by atoms with E-state index in [0.717, 1.165) is 25.7 Å². The third kappa shape index (κ3) is 3.62. The van der Waals surface area contributed by atoms with Gasteiger partial charge in [-0.3, -0.25) is 0 Å². The second kappa shape index (κ2) is 6.42. The highest BCUT2D eigenvalue weighted by Crippen LogP contribution is 2.29. The SMILES string of the molecule is CC1CCC(N(C)S(=O)(=O)c2cccc(C(N)=S)c2)CC1. The fourth-order valence-electron chi connectivity index (χ4n) is 2.78. The Bertz CT molecular complexity index is 620. The fourth-order valence-corrected chi connectivity index (χ4v) is 4.37. The quantitative estimate of drug-likeness (QED) is 0.864. The zero-order chi connectivity index (χ0) is 15.6. The molecule has 0 amide bonds. The molecule has 0 aliphatic heterocycles. The number of hydrogen-bond acceptors (Lipinski definition) is 3. The van der Waals surface area contributed by atoms with Gasteiger partial charge >= 0.3 is 0 Å². The lowest BCUT2D eigenvalue weighted by atomic mass is 9.87. The number of nitrogens with zero attached hydrogens (tertiary/aromatic N) is 1. The average Bonchev–Trinajstić information content (AvgIpc) is 2.47. The second-order valence-electron chi connectivity index (χ2n) is 5.83. The van der Waals surface area contributed by atoms with E-state index in [9.17, 15) is 8.42 Å². The summed E-state index contributed by atoms with van der Waals surface area (Å²) in [7, 11) is -1.82. The first-order valence-corrected chi connectivity index (χ1v) is 9.05. The van der Waals surface area contributed by atoms with E-state index < -0.39 is 10.0 Å². The molecule has 0 saturated heterocycles. The van der Waals surface area contributed by atoms with E-state index >= 15 is 0 Å². The first kappa shape index (κ1) is 16.4. The summed E-state index contributed by atoms with van der Waals surface area (Å²) in [4.78, 5) is 0.468.